The van der Waals surface area contributed by atoms with Crippen LogP contribution in [0.1, 0.15) is 21.8 Å². The van der Waals surface area contributed by atoms with Gasteiger partial charge in [0.05, 0.1) is 24.9 Å². The van der Waals surface area contributed by atoms with Crippen molar-refractivity contribution in [2.75, 3.05) is 13.2 Å². The highest BCUT2D eigenvalue weighted by atomic mass is 32.1. The van der Waals surface area contributed by atoms with Crippen LogP contribution in [0.2, 0.25) is 0 Å². The molecular weight excluding hydrogens is 344 g/mol. The quantitative estimate of drug-likeness (QED) is 0.746. The van der Waals surface area contributed by atoms with E-state index < -0.39 is 5.91 Å². The molecule has 0 aliphatic carbocycles. The fraction of sp³-hybridized carbons (Fsp3) is 0.375. The minimum atomic E-state index is -0.438. The van der Waals surface area contributed by atoms with Gasteiger partial charge in [-0.15, -0.1) is 11.3 Å². The standard InChI is InChI=1S/C16H16N4O4S/c1-9-4-11(24-19-9)5-10-7-23-8-13(10)18-14(21)12-6-17-16-20(15(12)22)2-3-25-16/h2-4,6,10,13H,5,7-8H2,1H3,(H,18,21)/t10-,13+/m1/s1. The van der Waals surface area contributed by atoms with Gasteiger partial charge in [0.25, 0.3) is 11.5 Å². The van der Waals surface area contributed by atoms with Gasteiger partial charge < -0.3 is 14.6 Å². The van der Waals surface area contributed by atoms with Crippen molar-refractivity contribution in [1.29, 1.82) is 0 Å². The zero-order valence-corrected chi connectivity index (χ0v) is 14.3. The first-order chi connectivity index (χ1) is 12.1. The fourth-order valence-electron chi connectivity index (χ4n) is 2.96. The number of amides is 1. The van der Waals surface area contributed by atoms with Gasteiger partial charge in [0.1, 0.15) is 11.3 Å². The number of nitrogens with one attached hydrogen (secondary N) is 1. The van der Waals surface area contributed by atoms with Crippen molar-refractivity contribution in [2.24, 2.45) is 5.92 Å². The highest BCUT2D eigenvalue weighted by Crippen LogP contribution is 2.20. The minimum Gasteiger partial charge on any atom is -0.379 e. The zero-order chi connectivity index (χ0) is 17.4. The van der Waals surface area contributed by atoms with Gasteiger partial charge >= 0.3 is 0 Å². The third kappa shape index (κ3) is 3.08. The first-order valence-corrected chi connectivity index (χ1v) is 8.75. The lowest BCUT2D eigenvalue weighted by Crippen LogP contribution is -2.42. The topological polar surface area (TPSA) is 98.7 Å². The van der Waals surface area contributed by atoms with Crippen LogP contribution >= 0.6 is 11.3 Å². The highest BCUT2D eigenvalue weighted by Gasteiger charge is 2.31. The van der Waals surface area contributed by atoms with Gasteiger partial charge in [-0.3, -0.25) is 14.0 Å². The number of aromatic nitrogens is 3. The van der Waals surface area contributed by atoms with Gasteiger partial charge in [-0.05, 0) is 6.92 Å². The highest BCUT2D eigenvalue weighted by molar-refractivity contribution is 7.15. The molecule has 1 N–H and O–H groups in total. The molecule has 0 bridgehead atoms. The minimum absolute atomic E-state index is 0.0251. The van der Waals surface area contributed by atoms with E-state index in [1.807, 2.05) is 13.0 Å². The van der Waals surface area contributed by atoms with Crippen molar-refractivity contribution in [3.63, 3.8) is 0 Å². The molecule has 0 radical (unpaired) electrons. The molecule has 3 aromatic heterocycles. The molecule has 0 saturated carbocycles. The molecule has 1 aliphatic heterocycles. The number of aryl methyl sites for hydroxylation is 1. The molecule has 3 aromatic rings. The summed E-state index contributed by atoms with van der Waals surface area (Å²) in [5.41, 5.74) is 0.472. The van der Waals surface area contributed by atoms with Crippen LogP contribution in [0.4, 0.5) is 0 Å². The van der Waals surface area contributed by atoms with E-state index in [4.69, 9.17) is 9.26 Å². The first kappa shape index (κ1) is 16.0. The SMILES string of the molecule is Cc1cc(C[C@@H]2COC[C@@H]2NC(=O)c2cnc3sccn3c2=O)on1. The summed E-state index contributed by atoms with van der Waals surface area (Å²) in [6, 6.07) is 1.68. The molecule has 1 fully saturated rings. The lowest BCUT2D eigenvalue weighted by Gasteiger charge is -2.17. The molecule has 1 saturated heterocycles. The van der Waals surface area contributed by atoms with Gasteiger partial charge in [-0.1, -0.05) is 5.16 Å². The Morgan fingerprint density at radius 3 is 3.16 bits per heavy atom. The monoisotopic (exact) mass is 360 g/mol. The summed E-state index contributed by atoms with van der Waals surface area (Å²) in [7, 11) is 0. The maximum absolute atomic E-state index is 12.5. The van der Waals surface area contributed by atoms with Crippen LogP contribution in [0, 0.1) is 12.8 Å². The second kappa shape index (κ2) is 6.41. The average molecular weight is 360 g/mol. The van der Waals surface area contributed by atoms with Gasteiger partial charge in [-0.2, -0.15) is 0 Å². The number of carbonyl (C=O) groups excluding carboxylic acids is 1. The number of thiazole rings is 1. The van der Waals surface area contributed by atoms with Crippen LogP contribution in [0.25, 0.3) is 4.96 Å². The Morgan fingerprint density at radius 1 is 1.48 bits per heavy atom. The molecule has 1 amide bonds. The van der Waals surface area contributed by atoms with E-state index >= 15 is 0 Å². The molecule has 4 heterocycles. The van der Waals surface area contributed by atoms with Crippen LogP contribution in [0.15, 0.2) is 33.2 Å². The number of ether oxygens (including phenoxy) is 1. The Labute approximate surface area is 146 Å². The number of nitrogens with zero attached hydrogens (tertiary/aromatic N) is 3. The van der Waals surface area contributed by atoms with Crippen molar-refractivity contribution in [3.05, 3.63) is 51.2 Å². The second-order valence-electron chi connectivity index (χ2n) is 6.05. The van der Waals surface area contributed by atoms with Gasteiger partial charge in [0.2, 0.25) is 0 Å². The largest absolute Gasteiger partial charge is 0.379 e. The Bertz CT molecular complexity index is 976. The van der Waals surface area contributed by atoms with E-state index in [9.17, 15) is 9.59 Å². The Morgan fingerprint density at radius 2 is 2.36 bits per heavy atom. The number of carbonyl (C=O) groups is 1. The fourth-order valence-corrected chi connectivity index (χ4v) is 3.63. The number of hydrogen-bond acceptors (Lipinski definition) is 7. The summed E-state index contributed by atoms with van der Waals surface area (Å²) in [5.74, 6) is 0.387. The van der Waals surface area contributed by atoms with Crippen molar-refractivity contribution in [2.45, 2.75) is 19.4 Å². The third-order valence-corrected chi connectivity index (χ3v) is 5.01. The smallest absolute Gasteiger partial charge is 0.271 e. The summed E-state index contributed by atoms with van der Waals surface area (Å²) < 4.78 is 12.1. The maximum atomic E-state index is 12.5. The molecule has 0 unspecified atom stereocenters. The predicted molar refractivity (Wildman–Crippen MR) is 89.8 cm³/mol. The predicted octanol–water partition coefficient (Wildman–Crippen LogP) is 1.04. The lowest BCUT2D eigenvalue weighted by molar-refractivity contribution is 0.0922. The molecule has 8 nitrogen and oxygen atoms in total. The van der Waals surface area contributed by atoms with Crippen molar-refractivity contribution >= 4 is 22.2 Å². The summed E-state index contributed by atoms with van der Waals surface area (Å²) in [5, 5.41) is 8.52. The van der Waals surface area contributed by atoms with E-state index in [1.165, 1.54) is 21.9 Å². The van der Waals surface area contributed by atoms with Gasteiger partial charge in [0.15, 0.2) is 4.96 Å². The normalized spacial score (nSPS) is 20.2. The Kier molecular flexibility index (Phi) is 4.10. The zero-order valence-electron chi connectivity index (χ0n) is 13.5. The Hall–Kier alpha value is -2.52. The van der Waals surface area contributed by atoms with E-state index in [2.05, 4.69) is 15.5 Å². The van der Waals surface area contributed by atoms with Gasteiger partial charge in [0, 0.05) is 36.2 Å². The molecule has 9 heteroatoms. The summed E-state index contributed by atoms with van der Waals surface area (Å²) in [6.45, 7) is 2.78. The van der Waals surface area contributed by atoms with Crippen molar-refractivity contribution in [3.8, 4) is 0 Å². The maximum Gasteiger partial charge on any atom is 0.271 e. The van der Waals surface area contributed by atoms with E-state index in [1.54, 1.807) is 11.6 Å². The van der Waals surface area contributed by atoms with Crippen LogP contribution in [-0.2, 0) is 11.2 Å². The number of fused-ring (bicyclic) bond motifs is 1. The van der Waals surface area contributed by atoms with Crippen LogP contribution in [0.5, 0.6) is 0 Å². The summed E-state index contributed by atoms with van der Waals surface area (Å²) in [6.07, 6.45) is 3.56. The van der Waals surface area contributed by atoms with Crippen LogP contribution < -0.4 is 10.9 Å². The molecule has 1 aliphatic rings. The Balaban J connectivity index is 1.50. The molecular formula is C16H16N4O4S. The second-order valence-corrected chi connectivity index (χ2v) is 6.92. The van der Waals surface area contributed by atoms with Crippen LogP contribution in [-0.4, -0.2) is 39.7 Å². The van der Waals surface area contributed by atoms with Crippen molar-refractivity contribution < 1.29 is 14.1 Å². The van der Waals surface area contributed by atoms with Gasteiger partial charge in [-0.25, -0.2) is 4.98 Å². The summed E-state index contributed by atoms with van der Waals surface area (Å²) in [4.78, 5) is 29.6. The van der Waals surface area contributed by atoms with E-state index in [-0.39, 0.29) is 23.1 Å². The third-order valence-electron chi connectivity index (χ3n) is 4.24. The molecule has 2 atom stereocenters. The molecule has 0 spiro atoms. The van der Waals surface area contributed by atoms with E-state index in [0.29, 0.717) is 24.6 Å². The van der Waals surface area contributed by atoms with E-state index in [0.717, 1.165) is 11.5 Å². The molecule has 0 aromatic carbocycles. The molecule has 25 heavy (non-hydrogen) atoms. The lowest BCUT2D eigenvalue weighted by atomic mass is 9.98. The molecule has 4 rings (SSSR count). The number of rotatable bonds is 4. The van der Waals surface area contributed by atoms with Crippen molar-refractivity contribution in [1.82, 2.24) is 19.9 Å². The molecule has 130 valence electrons. The summed E-state index contributed by atoms with van der Waals surface area (Å²) >= 11 is 1.34. The number of hydrogen-bond donors (Lipinski definition) is 1. The average Bonchev–Trinajstić information content (AvgIpc) is 3.30. The first-order valence-electron chi connectivity index (χ1n) is 7.87. The van der Waals surface area contributed by atoms with Crippen LogP contribution in [0.3, 0.4) is 0 Å².